The van der Waals surface area contributed by atoms with Gasteiger partial charge in [-0.1, -0.05) is 70.5 Å². The number of esters is 1. The summed E-state index contributed by atoms with van der Waals surface area (Å²) in [7, 11) is 1.34. The van der Waals surface area contributed by atoms with Gasteiger partial charge in [-0.25, -0.2) is 4.79 Å². The van der Waals surface area contributed by atoms with Crippen LogP contribution in [0.1, 0.15) is 15.9 Å². The third-order valence-electron chi connectivity index (χ3n) is 5.17. The van der Waals surface area contributed by atoms with Gasteiger partial charge in [0.15, 0.2) is 0 Å². The van der Waals surface area contributed by atoms with Crippen molar-refractivity contribution >= 4 is 49.4 Å². The lowest BCUT2D eigenvalue weighted by molar-refractivity contribution is -0.142. The number of halogens is 1. The van der Waals surface area contributed by atoms with E-state index in [0.717, 1.165) is 31.6 Å². The zero-order valence-corrected chi connectivity index (χ0v) is 18.0. The number of benzene rings is 4. The molecular weight excluding hydrogens is 442 g/mol. The van der Waals surface area contributed by atoms with Gasteiger partial charge in [0.2, 0.25) is 0 Å². The molecule has 4 nitrogen and oxygen atoms in total. The van der Waals surface area contributed by atoms with E-state index in [1.165, 1.54) is 7.11 Å². The van der Waals surface area contributed by atoms with E-state index in [1.807, 2.05) is 42.5 Å². The highest BCUT2D eigenvalue weighted by molar-refractivity contribution is 9.10. The van der Waals surface area contributed by atoms with Crippen molar-refractivity contribution in [1.29, 1.82) is 0 Å². The van der Waals surface area contributed by atoms with Crippen LogP contribution in [0.4, 0.5) is 0 Å². The summed E-state index contributed by atoms with van der Waals surface area (Å²) in [6.07, 6.45) is 0.328. The van der Waals surface area contributed by atoms with Gasteiger partial charge in [-0.05, 0) is 51.4 Å². The Morgan fingerprint density at radius 3 is 2.13 bits per heavy atom. The van der Waals surface area contributed by atoms with E-state index in [1.54, 1.807) is 18.2 Å². The van der Waals surface area contributed by atoms with Crippen LogP contribution in [0.2, 0.25) is 0 Å². The Morgan fingerprint density at radius 2 is 1.53 bits per heavy atom. The SMILES string of the molecule is COC(=O)[C@@H](Cc1c2ccccc2cc2ccccc12)NC(=O)c1cccc(Br)c1. The molecule has 0 bridgehead atoms. The first-order valence-corrected chi connectivity index (χ1v) is 10.4. The van der Waals surface area contributed by atoms with E-state index in [0.29, 0.717) is 12.0 Å². The lowest BCUT2D eigenvalue weighted by Crippen LogP contribution is -2.43. The number of methoxy groups -OCH3 is 1. The number of fused-ring (bicyclic) bond motifs is 2. The Bertz CT molecular complexity index is 1200. The summed E-state index contributed by atoms with van der Waals surface area (Å²) in [5, 5.41) is 7.15. The molecule has 0 unspecified atom stereocenters. The zero-order chi connectivity index (χ0) is 21.1. The van der Waals surface area contributed by atoms with E-state index in [2.05, 4.69) is 39.4 Å². The van der Waals surface area contributed by atoms with Crippen LogP contribution in [-0.4, -0.2) is 25.0 Å². The van der Waals surface area contributed by atoms with Crippen molar-refractivity contribution in [3.8, 4) is 0 Å². The maximum Gasteiger partial charge on any atom is 0.328 e. The smallest absolute Gasteiger partial charge is 0.328 e. The minimum atomic E-state index is -0.810. The second-order valence-corrected chi connectivity index (χ2v) is 7.98. The monoisotopic (exact) mass is 461 g/mol. The van der Waals surface area contributed by atoms with E-state index >= 15 is 0 Å². The van der Waals surface area contributed by atoms with Crippen LogP contribution in [0.5, 0.6) is 0 Å². The van der Waals surface area contributed by atoms with Gasteiger partial charge in [-0.3, -0.25) is 4.79 Å². The van der Waals surface area contributed by atoms with Gasteiger partial charge in [0.25, 0.3) is 5.91 Å². The average molecular weight is 462 g/mol. The lowest BCUT2D eigenvalue weighted by atomic mass is 9.92. The second kappa shape index (κ2) is 8.67. The topological polar surface area (TPSA) is 55.4 Å². The Labute approximate surface area is 183 Å². The fraction of sp³-hybridized carbons (Fsp3) is 0.120. The number of amides is 1. The van der Waals surface area contributed by atoms with Gasteiger partial charge in [0.1, 0.15) is 6.04 Å². The molecular formula is C25H20BrNO3. The average Bonchev–Trinajstić information content (AvgIpc) is 2.77. The van der Waals surface area contributed by atoms with Gasteiger partial charge in [-0.2, -0.15) is 0 Å². The van der Waals surface area contributed by atoms with Gasteiger partial charge in [-0.15, -0.1) is 0 Å². The predicted molar refractivity (Wildman–Crippen MR) is 123 cm³/mol. The summed E-state index contributed by atoms with van der Waals surface area (Å²) < 4.78 is 5.80. The first kappa shape index (κ1) is 20.1. The van der Waals surface area contributed by atoms with Crippen LogP contribution in [0.25, 0.3) is 21.5 Å². The highest BCUT2D eigenvalue weighted by Crippen LogP contribution is 2.29. The van der Waals surface area contributed by atoms with E-state index in [4.69, 9.17) is 4.74 Å². The Hall–Kier alpha value is -3.18. The molecule has 1 atom stereocenters. The van der Waals surface area contributed by atoms with Crippen molar-refractivity contribution in [1.82, 2.24) is 5.32 Å². The molecule has 30 heavy (non-hydrogen) atoms. The number of nitrogens with one attached hydrogen (secondary N) is 1. The third kappa shape index (κ3) is 4.07. The number of carbonyl (C=O) groups excluding carboxylic acids is 2. The molecule has 1 amide bonds. The summed E-state index contributed by atoms with van der Waals surface area (Å²) >= 11 is 3.38. The number of hydrogen-bond donors (Lipinski definition) is 1. The molecule has 0 aromatic heterocycles. The van der Waals surface area contributed by atoms with E-state index in [-0.39, 0.29) is 5.91 Å². The largest absolute Gasteiger partial charge is 0.467 e. The summed E-state index contributed by atoms with van der Waals surface area (Å²) in [6, 6.07) is 24.5. The van der Waals surface area contributed by atoms with Crippen LogP contribution < -0.4 is 5.32 Å². The molecule has 0 aliphatic heterocycles. The molecule has 0 aliphatic rings. The summed E-state index contributed by atoms with van der Waals surface area (Å²) in [5.74, 6) is -0.799. The first-order valence-electron chi connectivity index (χ1n) is 9.60. The molecule has 0 saturated heterocycles. The van der Waals surface area contributed by atoms with Crippen LogP contribution in [0.3, 0.4) is 0 Å². The quantitative estimate of drug-likeness (QED) is 0.325. The van der Waals surface area contributed by atoms with E-state index < -0.39 is 12.0 Å². The molecule has 0 saturated carbocycles. The van der Waals surface area contributed by atoms with Crippen molar-refractivity contribution in [2.75, 3.05) is 7.11 Å². The third-order valence-corrected chi connectivity index (χ3v) is 5.66. The van der Waals surface area contributed by atoms with Crippen LogP contribution in [-0.2, 0) is 16.0 Å². The number of rotatable bonds is 5. The molecule has 0 radical (unpaired) electrons. The maximum atomic E-state index is 12.8. The standard InChI is InChI=1S/C25H20BrNO3/c1-30-25(29)23(27-24(28)18-9-6-10-19(26)14-18)15-22-20-11-4-2-7-16(20)13-17-8-3-5-12-21(17)22/h2-14,23H,15H2,1H3,(H,27,28)/t23-/m1/s1. The highest BCUT2D eigenvalue weighted by atomic mass is 79.9. The van der Waals surface area contributed by atoms with Crippen LogP contribution >= 0.6 is 15.9 Å². The maximum absolute atomic E-state index is 12.8. The molecule has 4 aromatic carbocycles. The van der Waals surface area contributed by atoms with Crippen molar-refractivity contribution in [2.24, 2.45) is 0 Å². The minimum absolute atomic E-state index is 0.323. The van der Waals surface area contributed by atoms with Crippen molar-refractivity contribution in [2.45, 2.75) is 12.5 Å². The predicted octanol–water partition coefficient (Wildman–Crippen LogP) is 5.27. The summed E-state index contributed by atoms with van der Waals surface area (Å²) in [4.78, 5) is 25.4. The molecule has 0 spiro atoms. The second-order valence-electron chi connectivity index (χ2n) is 7.06. The van der Waals surface area contributed by atoms with Crippen molar-refractivity contribution in [3.63, 3.8) is 0 Å². The first-order chi connectivity index (χ1) is 14.6. The number of carbonyl (C=O) groups is 2. The molecule has 150 valence electrons. The molecule has 1 N–H and O–H groups in total. The molecule has 0 fully saturated rings. The number of ether oxygens (including phenoxy) is 1. The Morgan fingerprint density at radius 1 is 0.900 bits per heavy atom. The molecule has 5 heteroatoms. The Kier molecular flexibility index (Phi) is 5.81. The van der Waals surface area contributed by atoms with Gasteiger partial charge >= 0.3 is 5.97 Å². The fourth-order valence-corrected chi connectivity index (χ4v) is 4.14. The highest BCUT2D eigenvalue weighted by Gasteiger charge is 2.24. The Balaban J connectivity index is 1.75. The summed E-state index contributed by atoms with van der Waals surface area (Å²) in [5.41, 5.74) is 1.48. The number of hydrogen-bond acceptors (Lipinski definition) is 3. The molecule has 0 heterocycles. The van der Waals surface area contributed by atoms with E-state index in [9.17, 15) is 9.59 Å². The normalized spacial score (nSPS) is 11.9. The van der Waals surface area contributed by atoms with Gasteiger partial charge in [0.05, 0.1) is 7.11 Å². The van der Waals surface area contributed by atoms with Crippen LogP contribution in [0, 0.1) is 0 Å². The van der Waals surface area contributed by atoms with Gasteiger partial charge in [0, 0.05) is 16.5 Å². The molecule has 0 aliphatic carbocycles. The summed E-state index contributed by atoms with van der Waals surface area (Å²) in [6.45, 7) is 0. The minimum Gasteiger partial charge on any atom is -0.467 e. The molecule has 4 aromatic rings. The fourth-order valence-electron chi connectivity index (χ4n) is 3.74. The lowest BCUT2D eigenvalue weighted by Gasteiger charge is -2.19. The van der Waals surface area contributed by atoms with Gasteiger partial charge < -0.3 is 10.1 Å². The van der Waals surface area contributed by atoms with Crippen LogP contribution in [0.15, 0.2) is 83.3 Å². The molecule has 4 rings (SSSR count). The van der Waals surface area contributed by atoms with Crippen molar-refractivity contribution < 1.29 is 14.3 Å². The van der Waals surface area contributed by atoms with Crippen molar-refractivity contribution in [3.05, 3.63) is 94.5 Å². The zero-order valence-electron chi connectivity index (χ0n) is 16.4.